The fourth-order valence-corrected chi connectivity index (χ4v) is 2.17. The van der Waals surface area contributed by atoms with Crippen LogP contribution in [0.1, 0.15) is 13.3 Å². The third-order valence-electron chi connectivity index (χ3n) is 1.67. The van der Waals surface area contributed by atoms with Gasteiger partial charge in [0.2, 0.25) is 0 Å². The van der Waals surface area contributed by atoms with E-state index in [-0.39, 0.29) is 18.3 Å². The number of nitrogens with two attached hydrogens (primary N) is 1. The second-order valence-corrected chi connectivity index (χ2v) is 4.97. The molecule has 0 aromatic heterocycles. The van der Waals surface area contributed by atoms with Gasteiger partial charge < -0.3 is 15.2 Å². The summed E-state index contributed by atoms with van der Waals surface area (Å²) in [6.45, 7) is 1.89. The van der Waals surface area contributed by atoms with Gasteiger partial charge in [-0.2, -0.15) is 0 Å². The van der Waals surface area contributed by atoms with Crippen molar-refractivity contribution in [2.45, 2.75) is 25.0 Å². The molecule has 10 heavy (non-hydrogen) atoms. The van der Waals surface area contributed by atoms with Crippen molar-refractivity contribution in [1.82, 2.24) is 0 Å². The largest absolute Gasteiger partial charge is 0.330 e. The summed E-state index contributed by atoms with van der Waals surface area (Å²) < 4.78 is 15.7. The Hall–Kier alpha value is 0.110. The van der Waals surface area contributed by atoms with Crippen molar-refractivity contribution in [3.05, 3.63) is 0 Å². The summed E-state index contributed by atoms with van der Waals surface area (Å²) in [7, 11) is -3.30. The third-order valence-corrected chi connectivity index (χ3v) is 3.52. The lowest BCUT2D eigenvalue weighted by Crippen LogP contribution is -2.34. The predicted molar refractivity (Wildman–Crippen MR) is 37.8 cm³/mol. The maximum Gasteiger partial charge on any atom is 0.330 e. The summed E-state index contributed by atoms with van der Waals surface area (Å²) in [6, 6.07) is -0.0794. The average molecular weight is 165 g/mol. The standard InChI is InChI=1S/C5H12NO3P/c1-4-2-5(6)3-9-10(4,7)8/h4-5H,2-3,6H2,1H3,(H,7,8)/t4-,5-/m1/s1. The van der Waals surface area contributed by atoms with Crippen LogP contribution in [-0.4, -0.2) is 23.2 Å². The molecule has 3 atom stereocenters. The Kier molecular flexibility index (Phi) is 2.15. The van der Waals surface area contributed by atoms with Crippen LogP contribution in [0.15, 0.2) is 0 Å². The Morgan fingerprint density at radius 1 is 1.80 bits per heavy atom. The van der Waals surface area contributed by atoms with E-state index in [0.717, 1.165) is 0 Å². The van der Waals surface area contributed by atoms with Gasteiger partial charge in [-0.05, 0) is 6.42 Å². The molecule has 1 heterocycles. The summed E-state index contributed by atoms with van der Waals surface area (Å²) in [5.74, 6) is 0. The lowest BCUT2D eigenvalue weighted by atomic mass is 10.2. The first-order valence-electron chi connectivity index (χ1n) is 3.25. The molecule has 0 aromatic carbocycles. The minimum atomic E-state index is -3.30. The van der Waals surface area contributed by atoms with Gasteiger partial charge in [-0.25, -0.2) is 0 Å². The van der Waals surface area contributed by atoms with Crippen LogP contribution >= 0.6 is 7.60 Å². The molecule has 0 aliphatic carbocycles. The Morgan fingerprint density at radius 2 is 2.40 bits per heavy atom. The van der Waals surface area contributed by atoms with Gasteiger partial charge in [-0.15, -0.1) is 0 Å². The molecule has 1 aliphatic rings. The van der Waals surface area contributed by atoms with Crippen LogP contribution in [0, 0.1) is 0 Å². The number of hydrogen-bond donors (Lipinski definition) is 2. The van der Waals surface area contributed by atoms with Gasteiger partial charge in [-0.1, -0.05) is 6.92 Å². The fraction of sp³-hybridized carbons (Fsp3) is 1.00. The van der Waals surface area contributed by atoms with Gasteiger partial charge in [-0.3, -0.25) is 4.57 Å². The van der Waals surface area contributed by atoms with E-state index in [1.165, 1.54) is 0 Å². The summed E-state index contributed by atoms with van der Waals surface area (Å²) >= 11 is 0. The van der Waals surface area contributed by atoms with Crippen LogP contribution in [0.2, 0.25) is 0 Å². The normalized spacial score (nSPS) is 49.1. The molecule has 0 amide bonds. The van der Waals surface area contributed by atoms with E-state index in [0.29, 0.717) is 6.42 Å². The van der Waals surface area contributed by atoms with E-state index in [9.17, 15) is 4.57 Å². The zero-order valence-corrected chi connectivity index (χ0v) is 6.75. The Bertz CT molecular complexity index is 172. The topological polar surface area (TPSA) is 72.5 Å². The van der Waals surface area contributed by atoms with Crippen LogP contribution in [0.4, 0.5) is 0 Å². The highest BCUT2D eigenvalue weighted by Gasteiger charge is 2.34. The van der Waals surface area contributed by atoms with Gasteiger partial charge >= 0.3 is 7.60 Å². The zero-order chi connectivity index (χ0) is 7.78. The van der Waals surface area contributed by atoms with Crippen molar-refractivity contribution in [2.24, 2.45) is 5.73 Å². The quantitative estimate of drug-likeness (QED) is 0.506. The molecule has 3 N–H and O–H groups in total. The van der Waals surface area contributed by atoms with Crippen LogP contribution < -0.4 is 5.73 Å². The van der Waals surface area contributed by atoms with Crippen molar-refractivity contribution < 1.29 is 14.0 Å². The fourth-order valence-electron chi connectivity index (χ4n) is 0.969. The van der Waals surface area contributed by atoms with Crippen molar-refractivity contribution in [3.8, 4) is 0 Å². The summed E-state index contributed by atoms with van der Waals surface area (Å²) in [5, 5.41) is 0. The first-order valence-corrected chi connectivity index (χ1v) is 4.89. The highest BCUT2D eigenvalue weighted by atomic mass is 31.2. The van der Waals surface area contributed by atoms with Crippen molar-refractivity contribution in [2.75, 3.05) is 6.61 Å². The highest BCUT2D eigenvalue weighted by Crippen LogP contribution is 2.51. The van der Waals surface area contributed by atoms with E-state index < -0.39 is 7.60 Å². The molecule has 60 valence electrons. The van der Waals surface area contributed by atoms with Gasteiger partial charge in [0, 0.05) is 6.04 Å². The van der Waals surface area contributed by atoms with Crippen LogP contribution in [0.5, 0.6) is 0 Å². The summed E-state index contributed by atoms with van der Waals surface area (Å²) in [4.78, 5) is 9.04. The van der Waals surface area contributed by atoms with E-state index in [4.69, 9.17) is 10.6 Å². The lowest BCUT2D eigenvalue weighted by molar-refractivity contribution is 0.204. The minimum absolute atomic E-state index is 0.0794. The van der Waals surface area contributed by atoms with E-state index in [1.807, 2.05) is 0 Å². The molecular formula is C5H12NO3P. The van der Waals surface area contributed by atoms with Crippen LogP contribution in [0.3, 0.4) is 0 Å². The first kappa shape index (κ1) is 8.21. The smallest absolute Gasteiger partial charge is 0.326 e. The molecule has 1 fully saturated rings. The van der Waals surface area contributed by atoms with Gasteiger partial charge in [0.25, 0.3) is 0 Å². The molecule has 1 saturated heterocycles. The monoisotopic (exact) mass is 165 g/mol. The van der Waals surface area contributed by atoms with Crippen molar-refractivity contribution in [3.63, 3.8) is 0 Å². The molecule has 0 radical (unpaired) electrons. The second-order valence-electron chi connectivity index (χ2n) is 2.70. The number of hydrogen-bond acceptors (Lipinski definition) is 3. The Morgan fingerprint density at radius 3 is 2.80 bits per heavy atom. The lowest BCUT2D eigenvalue weighted by Gasteiger charge is -2.28. The predicted octanol–water partition coefficient (Wildman–Crippen LogP) is 0.308. The van der Waals surface area contributed by atoms with Gasteiger partial charge in [0.1, 0.15) is 0 Å². The first-order chi connectivity index (χ1) is 4.52. The van der Waals surface area contributed by atoms with E-state index in [1.54, 1.807) is 6.92 Å². The van der Waals surface area contributed by atoms with Crippen molar-refractivity contribution >= 4 is 7.60 Å². The van der Waals surface area contributed by atoms with Crippen molar-refractivity contribution in [1.29, 1.82) is 0 Å². The Balaban J connectivity index is 2.61. The summed E-state index contributed by atoms with van der Waals surface area (Å²) in [6.07, 6.45) is 0.577. The second kappa shape index (κ2) is 2.62. The van der Waals surface area contributed by atoms with Crippen LogP contribution in [-0.2, 0) is 9.09 Å². The molecule has 5 heteroatoms. The maximum absolute atomic E-state index is 11.0. The minimum Gasteiger partial charge on any atom is -0.326 e. The Labute approximate surface area is 59.9 Å². The number of rotatable bonds is 0. The SMILES string of the molecule is C[C@@H]1C[C@@H](N)COP1(=O)O. The molecule has 1 aliphatic heterocycles. The van der Waals surface area contributed by atoms with E-state index in [2.05, 4.69) is 4.52 Å². The summed E-state index contributed by atoms with van der Waals surface area (Å²) in [5.41, 5.74) is 5.18. The van der Waals surface area contributed by atoms with Crippen LogP contribution in [0.25, 0.3) is 0 Å². The maximum atomic E-state index is 11.0. The highest BCUT2D eigenvalue weighted by molar-refractivity contribution is 7.53. The average Bonchev–Trinajstić information content (AvgIpc) is 1.81. The third kappa shape index (κ3) is 1.58. The molecule has 0 spiro atoms. The molecule has 1 unspecified atom stereocenters. The molecule has 0 bridgehead atoms. The molecule has 1 rings (SSSR count). The zero-order valence-electron chi connectivity index (χ0n) is 5.86. The molecular weight excluding hydrogens is 153 g/mol. The van der Waals surface area contributed by atoms with Gasteiger partial charge in [0.05, 0.1) is 12.3 Å². The van der Waals surface area contributed by atoms with E-state index >= 15 is 0 Å². The molecule has 0 aromatic rings. The van der Waals surface area contributed by atoms with Gasteiger partial charge in [0.15, 0.2) is 0 Å². The molecule has 4 nitrogen and oxygen atoms in total. The molecule has 0 saturated carbocycles.